The molecule has 2 aromatic heterocycles. The second-order valence-electron chi connectivity index (χ2n) is 6.53. The van der Waals surface area contributed by atoms with Crippen molar-refractivity contribution in [2.24, 2.45) is 0 Å². The molecular formula is C22H22N2O5S2. The molecule has 0 aliphatic carbocycles. The Balaban J connectivity index is 1.78. The largest absolute Gasteiger partial charge is 0.465 e. The summed E-state index contributed by atoms with van der Waals surface area (Å²) in [4.78, 5) is 38.3. The van der Waals surface area contributed by atoms with Crippen molar-refractivity contribution in [2.75, 3.05) is 26.1 Å². The van der Waals surface area contributed by atoms with Crippen LogP contribution in [-0.4, -0.2) is 38.6 Å². The summed E-state index contributed by atoms with van der Waals surface area (Å²) in [7, 11) is 2.51. The Kier molecular flexibility index (Phi) is 7.56. The molecule has 0 radical (unpaired) electrons. The second-order valence-corrected chi connectivity index (χ2v) is 8.53. The molecule has 0 aliphatic rings. The smallest absolute Gasteiger partial charge is 0.348 e. The molecule has 1 atom stereocenters. The number of benzene rings is 1. The highest BCUT2D eigenvalue weighted by molar-refractivity contribution is 7.18. The summed E-state index contributed by atoms with van der Waals surface area (Å²) in [6, 6.07) is 13.6. The molecule has 0 bridgehead atoms. The molecule has 9 heteroatoms. The summed E-state index contributed by atoms with van der Waals surface area (Å²) >= 11 is 2.58. The predicted molar refractivity (Wildman–Crippen MR) is 121 cm³/mol. The molecule has 0 saturated carbocycles. The number of thiophene rings is 2. The minimum absolute atomic E-state index is 0.00256. The molecule has 2 N–H and O–H groups in total. The SMILES string of the molecule is COC(=O)c1sc(NC(=O)CNC(c2ccccc2)c2cccs2)c(C(=O)OC)c1C. The zero-order chi connectivity index (χ0) is 22.4. The van der Waals surface area contributed by atoms with Crippen molar-refractivity contribution < 1.29 is 23.9 Å². The maximum absolute atomic E-state index is 12.7. The maximum Gasteiger partial charge on any atom is 0.348 e. The third-order valence-electron chi connectivity index (χ3n) is 4.59. The van der Waals surface area contributed by atoms with Crippen molar-refractivity contribution in [3.05, 3.63) is 74.3 Å². The Bertz CT molecular complexity index is 1060. The van der Waals surface area contributed by atoms with Crippen LogP contribution in [0.2, 0.25) is 0 Å². The number of hydrogen-bond donors (Lipinski definition) is 2. The van der Waals surface area contributed by atoms with Crippen LogP contribution in [0.3, 0.4) is 0 Å². The van der Waals surface area contributed by atoms with Gasteiger partial charge in [0.15, 0.2) is 0 Å². The number of carbonyl (C=O) groups excluding carboxylic acids is 3. The van der Waals surface area contributed by atoms with Crippen molar-refractivity contribution in [3.63, 3.8) is 0 Å². The third-order valence-corrected chi connectivity index (χ3v) is 6.71. The molecule has 0 aliphatic heterocycles. The van der Waals surface area contributed by atoms with Crippen molar-refractivity contribution in [1.29, 1.82) is 0 Å². The van der Waals surface area contributed by atoms with Gasteiger partial charge in [0.25, 0.3) is 0 Å². The Morgan fingerprint density at radius 3 is 2.32 bits per heavy atom. The lowest BCUT2D eigenvalue weighted by molar-refractivity contribution is -0.115. The fourth-order valence-corrected chi connectivity index (χ4v) is 5.04. The van der Waals surface area contributed by atoms with Gasteiger partial charge in [0, 0.05) is 4.88 Å². The fourth-order valence-electron chi connectivity index (χ4n) is 3.09. The van der Waals surface area contributed by atoms with E-state index in [0.29, 0.717) is 5.56 Å². The zero-order valence-corrected chi connectivity index (χ0v) is 18.9. The van der Waals surface area contributed by atoms with Crippen LogP contribution >= 0.6 is 22.7 Å². The van der Waals surface area contributed by atoms with Gasteiger partial charge in [-0.3, -0.25) is 10.1 Å². The molecule has 0 fully saturated rings. The van der Waals surface area contributed by atoms with Crippen LogP contribution in [0.15, 0.2) is 47.8 Å². The van der Waals surface area contributed by atoms with Crippen LogP contribution in [-0.2, 0) is 14.3 Å². The number of amides is 1. The van der Waals surface area contributed by atoms with E-state index in [0.717, 1.165) is 21.8 Å². The first kappa shape index (κ1) is 22.7. The molecule has 2 heterocycles. The van der Waals surface area contributed by atoms with E-state index in [1.807, 2.05) is 47.8 Å². The summed E-state index contributed by atoms with van der Waals surface area (Å²) in [5.41, 5.74) is 1.60. The van der Waals surface area contributed by atoms with Crippen molar-refractivity contribution in [1.82, 2.24) is 5.32 Å². The zero-order valence-electron chi connectivity index (χ0n) is 17.3. The van der Waals surface area contributed by atoms with Gasteiger partial charge in [-0.05, 0) is 29.5 Å². The van der Waals surface area contributed by atoms with E-state index in [2.05, 4.69) is 10.6 Å². The number of carbonyl (C=O) groups is 3. The number of ether oxygens (including phenoxy) is 2. The lowest BCUT2D eigenvalue weighted by Gasteiger charge is -2.18. The van der Waals surface area contributed by atoms with Crippen LogP contribution in [0.25, 0.3) is 0 Å². The topological polar surface area (TPSA) is 93.7 Å². The lowest BCUT2D eigenvalue weighted by Crippen LogP contribution is -2.31. The van der Waals surface area contributed by atoms with Gasteiger partial charge in [-0.1, -0.05) is 36.4 Å². The van der Waals surface area contributed by atoms with E-state index in [-0.39, 0.29) is 33.9 Å². The van der Waals surface area contributed by atoms with E-state index in [1.165, 1.54) is 14.2 Å². The summed E-state index contributed by atoms with van der Waals surface area (Å²) < 4.78 is 9.59. The quantitative estimate of drug-likeness (QED) is 0.496. The van der Waals surface area contributed by atoms with Gasteiger partial charge < -0.3 is 14.8 Å². The van der Waals surface area contributed by atoms with Gasteiger partial charge >= 0.3 is 11.9 Å². The first-order chi connectivity index (χ1) is 15.0. The van der Waals surface area contributed by atoms with Crippen LogP contribution in [0.5, 0.6) is 0 Å². The van der Waals surface area contributed by atoms with E-state index in [1.54, 1.807) is 18.3 Å². The Hall–Kier alpha value is -3.01. The van der Waals surface area contributed by atoms with Gasteiger partial charge in [-0.25, -0.2) is 9.59 Å². The summed E-state index contributed by atoms with van der Waals surface area (Å²) in [5.74, 6) is -1.55. The number of hydrogen-bond acceptors (Lipinski definition) is 8. The standard InChI is InChI=1S/C22H22N2O5S2/c1-13-17(21(26)28-2)20(31-19(13)22(27)29-3)24-16(25)12-23-18(15-10-7-11-30-15)14-8-5-4-6-9-14/h4-11,18,23H,12H2,1-3H3,(H,24,25). The van der Waals surface area contributed by atoms with E-state index in [4.69, 9.17) is 9.47 Å². The van der Waals surface area contributed by atoms with Gasteiger partial charge in [0.2, 0.25) is 5.91 Å². The maximum atomic E-state index is 12.7. The highest BCUT2D eigenvalue weighted by atomic mass is 32.1. The van der Waals surface area contributed by atoms with Gasteiger partial charge in [0.05, 0.1) is 32.4 Å². The molecule has 1 amide bonds. The number of methoxy groups -OCH3 is 2. The lowest BCUT2D eigenvalue weighted by atomic mass is 10.1. The molecule has 0 saturated heterocycles. The van der Waals surface area contributed by atoms with Gasteiger partial charge in [0.1, 0.15) is 9.88 Å². The predicted octanol–water partition coefficient (Wildman–Crippen LogP) is 4.01. The summed E-state index contributed by atoms with van der Waals surface area (Å²) in [6.07, 6.45) is 0. The normalized spacial score (nSPS) is 11.6. The number of nitrogens with one attached hydrogen (secondary N) is 2. The molecule has 3 aromatic rings. The van der Waals surface area contributed by atoms with Crippen molar-refractivity contribution >= 4 is 45.5 Å². The van der Waals surface area contributed by atoms with E-state index >= 15 is 0 Å². The van der Waals surface area contributed by atoms with Crippen LogP contribution < -0.4 is 10.6 Å². The first-order valence-electron chi connectivity index (χ1n) is 9.37. The Morgan fingerprint density at radius 1 is 1.00 bits per heavy atom. The molecular weight excluding hydrogens is 436 g/mol. The highest BCUT2D eigenvalue weighted by Crippen LogP contribution is 2.34. The average molecular weight is 459 g/mol. The molecule has 162 valence electrons. The minimum Gasteiger partial charge on any atom is -0.465 e. The summed E-state index contributed by atoms with van der Waals surface area (Å²) in [5, 5.41) is 8.24. The summed E-state index contributed by atoms with van der Waals surface area (Å²) in [6.45, 7) is 1.62. The van der Waals surface area contributed by atoms with Crippen molar-refractivity contribution in [2.45, 2.75) is 13.0 Å². The second kappa shape index (κ2) is 10.3. The fraction of sp³-hybridized carbons (Fsp3) is 0.227. The molecule has 3 rings (SSSR count). The molecule has 1 unspecified atom stereocenters. The van der Waals surface area contributed by atoms with Crippen LogP contribution in [0, 0.1) is 6.92 Å². The third kappa shape index (κ3) is 5.19. The van der Waals surface area contributed by atoms with Crippen LogP contribution in [0.4, 0.5) is 5.00 Å². The van der Waals surface area contributed by atoms with Gasteiger partial charge in [-0.15, -0.1) is 22.7 Å². The number of esters is 2. The van der Waals surface area contributed by atoms with Crippen LogP contribution in [0.1, 0.15) is 42.1 Å². The van der Waals surface area contributed by atoms with E-state index in [9.17, 15) is 14.4 Å². The highest BCUT2D eigenvalue weighted by Gasteiger charge is 2.27. The van der Waals surface area contributed by atoms with E-state index < -0.39 is 11.9 Å². The molecule has 0 spiro atoms. The Morgan fingerprint density at radius 2 is 1.71 bits per heavy atom. The van der Waals surface area contributed by atoms with Crippen molar-refractivity contribution in [3.8, 4) is 0 Å². The first-order valence-corrected chi connectivity index (χ1v) is 11.1. The molecule has 31 heavy (non-hydrogen) atoms. The number of rotatable bonds is 8. The van der Waals surface area contributed by atoms with Gasteiger partial charge in [-0.2, -0.15) is 0 Å². The Labute approximate surface area is 188 Å². The monoisotopic (exact) mass is 458 g/mol. The molecule has 7 nitrogen and oxygen atoms in total. The minimum atomic E-state index is -0.632. The average Bonchev–Trinajstić information content (AvgIpc) is 3.42. The number of anilines is 1. The molecule has 1 aromatic carbocycles.